The first-order chi connectivity index (χ1) is 15.7. The average Bonchev–Trinajstić information content (AvgIpc) is 3.23. The summed E-state index contributed by atoms with van der Waals surface area (Å²) in [5.41, 5.74) is 4.93. The number of carbonyl (C=O) groups excluding carboxylic acids is 1. The lowest BCUT2D eigenvalue weighted by Gasteiger charge is -2.35. The van der Waals surface area contributed by atoms with Gasteiger partial charge >= 0.3 is 0 Å². The molecular weight excluding hydrogens is 398 g/mol. The topological polar surface area (TPSA) is 73.9 Å². The van der Waals surface area contributed by atoms with Crippen molar-refractivity contribution >= 4 is 22.5 Å². The summed E-state index contributed by atoms with van der Waals surface area (Å²) in [6.45, 7) is 1.81. The molecule has 2 unspecified atom stereocenters. The Morgan fingerprint density at radius 2 is 1.91 bits per heavy atom. The molecule has 1 saturated heterocycles. The molecule has 162 valence electrons. The third-order valence-electron chi connectivity index (χ3n) is 6.24. The molecule has 2 aromatic carbocycles. The highest BCUT2D eigenvalue weighted by Crippen LogP contribution is 2.29. The SMILES string of the molecule is CN1CC(Cc2ccccc2)CC(C(=O)Nc2ccc3[nH]nc(-c4ccncc4)c3c2)C1. The van der Waals surface area contributed by atoms with Gasteiger partial charge in [0.25, 0.3) is 0 Å². The predicted molar refractivity (Wildman–Crippen MR) is 127 cm³/mol. The second-order valence-corrected chi connectivity index (χ2v) is 8.77. The maximum absolute atomic E-state index is 13.2. The molecule has 6 nitrogen and oxygen atoms in total. The van der Waals surface area contributed by atoms with E-state index < -0.39 is 0 Å². The van der Waals surface area contributed by atoms with Crippen LogP contribution in [0, 0.1) is 11.8 Å². The number of amides is 1. The molecule has 0 bridgehead atoms. The van der Waals surface area contributed by atoms with Gasteiger partial charge in [0.15, 0.2) is 0 Å². The van der Waals surface area contributed by atoms with Crippen LogP contribution in [0.4, 0.5) is 5.69 Å². The summed E-state index contributed by atoms with van der Waals surface area (Å²) >= 11 is 0. The van der Waals surface area contributed by atoms with Crippen LogP contribution in [0.5, 0.6) is 0 Å². The van der Waals surface area contributed by atoms with Crippen LogP contribution in [0.2, 0.25) is 0 Å². The molecule has 1 fully saturated rings. The summed E-state index contributed by atoms with van der Waals surface area (Å²) in [4.78, 5) is 19.5. The normalized spacial score (nSPS) is 19.2. The first-order valence-corrected chi connectivity index (χ1v) is 11.1. The number of hydrogen-bond donors (Lipinski definition) is 2. The summed E-state index contributed by atoms with van der Waals surface area (Å²) < 4.78 is 0. The van der Waals surface area contributed by atoms with E-state index in [1.165, 1.54) is 5.56 Å². The Morgan fingerprint density at radius 3 is 2.72 bits per heavy atom. The lowest BCUT2D eigenvalue weighted by Crippen LogP contribution is -2.43. The molecule has 2 aromatic heterocycles. The fourth-order valence-corrected chi connectivity index (χ4v) is 4.79. The summed E-state index contributed by atoms with van der Waals surface area (Å²) in [7, 11) is 2.11. The largest absolute Gasteiger partial charge is 0.326 e. The van der Waals surface area contributed by atoms with E-state index in [1.807, 2.05) is 36.4 Å². The minimum atomic E-state index is -0.0258. The van der Waals surface area contributed by atoms with Crippen LogP contribution in [0.3, 0.4) is 0 Å². The van der Waals surface area contributed by atoms with E-state index in [0.29, 0.717) is 5.92 Å². The standard InChI is InChI=1S/C26H27N5O/c1-31-16-19(13-18-5-3-2-4-6-18)14-21(17-31)26(32)28-22-7-8-24-23(15-22)25(30-29-24)20-9-11-27-12-10-20/h2-12,15,19,21H,13-14,16-17H2,1H3,(H,28,32)(H,29,30). The van der Waals surface area contributed by atoms with Crippen LogP contribution in [0.1, 0.15) is 12.0 Å². The highest BCUT2D eigenvalue weighted by Gasteiger charge is 2.30. The van der Waals surface area contributed by atoms with Gasteiger partial charge in [-0.2, -0.15) is 5.10 Å². The van der Waals surface area contributed by atoms with Gasteiger partial charge < -0.3 is 10.2 Å². The molecule has 0 spiro atoms. The van der Waals surface area contributed by atoms with Gasteiger partial charge in [0.2, 0.25) is 5.91 Å². The molecule has 5 rings (SSSR count). The van der Waals surface area contributed by atoms with Crippen molar-refractivity contribution in [1.82, 2.24) is 20.1 Å². The Bertz CT molecular complexity index is 1200. The van der Waals surface area contributed by atoms with Gasteiger partial charge in [-0.3, -0.25) is 14.9 Å². The number of aromatic amines is 1. The number of hydrogen-bond acceptors (Lipinski definition) is 4. The van der Waals surface area contributed by atoms with Gasteiger partial charge in [-0.15, -0.1) is 0 Å². The molecule has 4 aromatic rings. The second kappa shape index (κ2) is 8.93. The second-order valence-electron chi connectivity index (χ2n) is 8.77. The zero-order valence-corrected chi connectivity index (χ0v) is 18.2. The number of fused-ring (bicyclic) bond motifs is 1. The number of piperidine rings is 1. The Hall–Kier alpha value is -3.51. The van der Waals surface area contributed by atoms with Gasteiger partial charge in [-0.1, -0.05) is 30.3 Å². The number of rotatable bonds is 5. The van der Waals surface area contributed by atoms with E-state index in [-0.39, 0.29) is 11.8 Å². The first-order valence-electron chi connectivity index (χ1n) is 11.1. The number of pyridine rings is 1. The molecule has 6 heteroatoms. The molecule has 32 heavy (non-hydrogen) atoms. The zero-order valence-electron chi connectivity index (χ0n) is 18.2. The molecule has 3 heterocycles. The number of likely N-dealkylation sites (tertiary alicyclic amines) is 1. The molecule has 1 amide bonds. The fourth-order valence-electron chi connectivity index (χ4n) is 4.79. The van der Waals surface area contributed by atoms with E-state index >= 15 is 0 Å². The van der Waals surface area contributed by atoms with Crippen LogP contribution in [-0.2, 0) is 11.2 Å². The number of nitrogens with zero attached hydrogens (tertiary/aromatic N) is 3. The summed E-state index contributed by atoms with van der Waals surface area (Å²) in [6.07, 6.45) is 5.42. The predicted octanol–water partition coefficient (Wildman–Crippen LogP) is 4.37. The number of nitrogens with one attached hydrogen (secondary N) is 2. The van der Waals surface area contributed by atoms with Crippen molar-refractivity contribution < 1.29 is 4.79 Å². The maximum atomic E-state index is 13.2. The van der Waals surface area contributed by atoms with Gasteiger partial charge in [-0.25, -0.2) is 0 Å². The maximum Gasteiger partial charge on any atom is 0.228 e. The van der Waals surface area contributed by atoms with Crippen molar-refractivity contribution in [2.45, 2.75) is 12.8 Å². The number of carbonyl (C=O) groups is 1. The minimum Gasteiger partial charge on any atom is -0.326 e. The molecule has 0 radical (unpaired) electrons. The molecular formula is C26H27N5O. The zero-order chi connectivity index (χ0) is 21.9. The van der Waals surface area contributed by atoms with Crippen molar-refractivity contribution in [2.75, 3.05) is 25.5 Å². The highest BCUT2D eigenvalue weighted by molar-refractivity contribution is 5.99. The van der Waals surface area contributed by atoms with E-state index in [2.05, 4.69) is 56.7 Å². The summed E-state index contributed by atoms with van der Waals surface area (Å²) in [5.74, 6) is 0.534. The quantitative estimate of drug-likeness (QED) is 0.498. The number of benzene rings is 2. The average molecular weight is 426 g/mol. The Kier molecular flexibility index (Phi) is 5.69. The van der Waals surface area contributed by atoms with Crippen LogP contribution in [0.25, 0.3) is 22.2 Å². The van der Waals surface area contributed by atoms with Gasteiger partial charge in [0.05, 0.1) is 11.4 Å². The van der Waals surface area contributed by atoms with Crippen molar-refractivity contribution in [3.8, 4) is 11.3 Å². The third-order valence-corrected chi connectivity index (χ3v) is 6.24. The summed E-state index contributed by atoms with van der Waals surface area (Å²) in [5, 5.41) is 11.7. The highest BCUT2D eigenvalue weighted by atomic mass is 16.1. The first kappa shape index (κ1) is 20.4. The van der Waals surface area contributed by atoms with Crippen molar-refractivity contribution in [2.24, 2.45) is 11.8 Å². The number of H-pyrrole nitrogens is 1. The molecule has 0 saturated carbocycles. The van der Waals surface area contributed by atoms with Gasteiger partial charge in [-0.05, 0) is 61.7 Å². The van der Waals surface area contributed by atoms with Crippen molar-refractivity contribution in [1.29, 1.82) is 0 Å². The molecule has 1 aliphatic rings. The number of aromatic nitrogens is 3. The molecule has 2 atom stereocenters. The Morgan fingerprint density at radius 1 is 1.09 bits per heavy atom. The Balaban J connectivity index is 1.31. The van der Waals surface area contributed by atoms with Gasteiger partial charge in [0, 0.05) is 42.1 Å². The lowest BCUT2D eigenvalue weighted by atomic mass is 9.85. The van der Waals surface area contributed by atoms with Crippen molar-refractivity contribution in [3.63, 3.8) is 0 Å². The molecule has 1 aliphatic heterocycles. The minimum absolute atomic E-state index is 0.0258. The van der Waals surface area contributed by atoms with Gasteiger partial charge in [0.1, 0.15) is 5.69 Å². The third kappa shape index (κ3) is 4.41. The van der Waals surface area contributed by atoms with E-state index in [1.54, 1.807) is 12.4 Å². The van der Waals surface area contributed by atoms with Crippen LogP contribution in [-0.4, -0.2) is 46.1 Å². The van der Waals surface area contributed by atoms with E-state index in [0.717, 1.165) is 53.8 Å². The fraction of sp³-hybridized carbons (Fsp3) is 0.269. The van der Waals surface area contributed by atoms with Crippen LogP contribution >= 0.6 is 0 Å². The summed E-state index contributed by atoms with van der Waals surface area (Å²) in [6, 6.07) is 20.3. The monoisotopic (exact) mass is 425 g/mol. The van der Waals surface area contributed by atoms with E-state index in [4.69, 9.17) is 0 Å². The molecule has 0 aliphatic carbocycles. The van der Waals surface area contributed by atoms with E-state index in [9.17, 15) is 4.79 Å². The number of anilines is 1. The smallest absolute Gasteiger partial charge is 0.228 e. The van der Waals surface area contributed by atoms with Crippen LogP contribution in [0.15, 0.2) is 73.1 Å². The molecule has 2 N–H and O–H groups in total. The Labute approximate surface area is 187 Å². The van der Waals surface area contributed by atoms with Crippen molar-refractivity contribution in [3.05, 3.63) is 78.6 Å². The van der Waals surface area contributed by atoms with Crippen LogP contribution < -0.4 is 5.32 Å². The lowest BCUT2D eigenvalue weighted by molar-refractivity contribution is -0.122.